The van der Waals surface area contributed by atoms with E-state index in [1.807, 2.05) is 25.7 Å². The van der Waals surface area contributed by atoms with E-state index in [0.717, 1.165) is 26.2 Å². The van der Waals surface area contributed by atoms with Crippen molar-refractivity contribution in [3.63, 3.8) is 0 Å². The minimum Gasteiger partial charge on any atom is -0.444 e. The Morgan fingerprint density at radius 3 is 1.84 bits per heavy atom. The van der Waals surface area contributed by atoms with E-state index in [9.17, 15) is 4.79 Å². The zero-order valence-corrected chi connectivity index (χ0v) is 21.4. The average molecular weight is 446 g/mol. The van der Waals surface area contributed by atoms with Crippen molar-refractivity contribution in [1.82, 2.24) is 4.90 Å². The molecule has 1 heterocycles. The maximum Gasteiger partial charge on any atom is 0.410 e. The van der Waals surface area contributed by atoms with E-state index in [1.165, 1.54) is 62.7 Å². The third-order valence-corrected chi connectivity index (χ3v) is 6.07. The van der Waals surface area contributed by atoms with Crippen LogP contribution in [-0.2, 0) is 4.74 Å². The summed E-state index contributed by atoms with van der Waals surface area (Å²) in [7, 11) is 0. The number of rotatable bonds is 12. The summed E-state index contributed by atoms with van der Waals surface area (Å²) in [6.07, 6.45) is 10.2. The van der Waals surface area contributed by atoms with Crippen molar-refractivity contribution < 1.29 is 9.53 Å². The highest BCUT2D eigenvalue weighted by atomic mass is 16.6. The average Bonchev–Trinajstić information content (AvgIpc) is 2.77. The van der Waals surface area contributed by atoms with Crippen LogP contribution >= 0.6 is 0 Å². The molecule has 1 aromatic rings. The van der Waals surface area contributed by atoms with Gasteiger partial charge in [0.05, 0.1) is 0 Å². The molecule has 0 spiro atoms. The Kier molecular flexibility index (Phi) is 11.2. The molecule has 0 saturated carbocycles. The molecule has 0 aromatic heterocycles. The highest BCUT2D eigenvalue weighted by molar-refractivity contribution is 5.68. The van der Waals surface area contributed by atoms with Crippen molar-refractivity contribution in [3.05, 3.63) is 24.3 Å². The van der Waals surface area contributed by atoms with E-state index in [4.69, 9.17) is 4.74 Å². The maximum absolute atomic E-state index is 12.3. The lowest BCUT2D eigenvalue weighted by molar-refractivity contribution is 0.0240. The molecule has 1 aromatic carbocycles. The molecule has 0 N–H and O–H groups in total. The summed E-state index contributed by atoms with van der Waals surface area (Å²) in [5.41, 5.74) is 2.15. The van der Waals surface area contributed by atoms with Crippen molar-refractivity contribution in [3.8, 4) is 0 Å². The molecule has 0 bridgehead atoms. The van der Waals surface area contributed by atoms with Crippen LogP contribution in [0.2, 0.25) is 0 Å². The van der Waals surface area contributed by atoms with Gasteiger partial charge in [-0.25, -0.2) is 4.79 Å². The summed E-state index contributed by atoms with van der Waals surface area (Å²) in [5, 5.41) is 0. The summed E-state index contributed by atoms with van der Waals surface area (Å²) in [5.74, 6) is 0. The van der Waals surface area contributed by atoms with Crippen LogP contribution in [0, 0.1) is 0 Å². The summed E-state index contributed by atoms with van der Waals surface area (Å²) in [4.78, 5) is 19.1. The van der Waals surface area contributed by atoms with Crippen LogP contribution in [0.1, 0.15) is 86.0 Å². The van der Waals surface area contributed by atoms with Crippen molar-refractivity contribution in [1.29, 1.82) is 0 Å². The third-order valence-electron chi connectivity index (χ3n) is 6.07. The number of carbonyl (C=O) groups excluding carboxylic acids is 1. The van der Waals surface area contributed by atoms with Crippen molar-refractivity contribution in [2.45, 2.75) is 91.6 Å². The Morgan fingerprint density at radius 1 is 0.844 bits per heavy atom. The van der Waals surface area contributed by atoms with E-state index in [0.29, 0.717) is 13.1 Å². The van der Waals surface area contributed by atoms with Crippen LogP contribution < -0.4 is 9.80 Å². The molecule has 0 radical (unpaired) electrons. The zero-order valence-electron chi connectivity index (χ0n) is 21.4. The van der Waals surface area contributed by atoms with Gasteiger partial charge in [0, 0.05) is 50.6 Å². The number of nitrogens with zero attached hydrogens (tertiary/aromatic N) is 3. The predicted molar refractivity (Wildman–Crippen MR) is 137 cm³/mol. The largest absolute Gasteiger partial charge is 0.444 e. The first-order valence-electron chi connectivity index (χ1n) is 12.9. The fourth-order valence-corrected chi connectivity index (χ4v) is 4.18. The lowest BCUT2D eigenvalue weighted by Gasteiger charge is -2.37. The Hall–Kier alpha value is -1.91. The molecular formula is C27H47N3O2. The highest BCUT2D eigenvalue weighted by Gasteiger charge is 2.26. The normalized spacial score (nSPS) is 14.5. The number of ether oxygens (including phenoxy) is 1. The second kappa shape index (κ2) is 13.6. The number of hydrogen-bond donors (Lipinski definition) is 0. The van der Waals surface area contributed by atoms with Crippen molar-refractivity contribution in [2.75, 3.05) is 49.1 Å². The Morgan fingerprint density at radius 2 is 1.38 bits per heavy atom. The van der Waals surface area contributed by atoms with Gasteiger partial charge in [-0.1, -0.05) is 52.4 Å². The minimum absolute atomic E-state index is 0.200. The number of carbonyl (C=O) groups is 1. The lowest BCUT2D eigenvalue weighted by Crippen LogP contribution is -2.50. The highest BCUT2D eigenvalue weighted by Crippen LogP contribution is 2.23. The zero-order chi connectivity index (χ0) is 23.4. The van der Waals surface area contributed by atoms with Gasteiger partial charge in [0.15, 0.2) is 0 Å². The second-order valence-corrected chi connectivity index (χ2v) is 10.1. The molecule has 1 saturated heterocycles. The number of amides is 1. The van der Waals surface area contributed by atoms with Gasteiger partial charge >= 0.3 is 6.09 Å². The van der Waals surface area contributed by atoms with Gasteiger partial charge < -0.3 is 19.4 Å². The first-order chi connectivity index (χ1) is 15.3. The molecule has 5 nitrogen and oxygen atoms in total. The van der Waals surface area contributed by atoms with Gasteiger partial charge in [-0.05, 0) is 57.9 Å². The van der Waals surface area contributed by atoms with Crippen LogP contribution in [0.4, 0.5) is 16.2 Å². The molecule has 0 atom stereocenters. The van der Waals surface area contributed by atoms with Crippen LogP contribution in [0.5, 0.6) is 0 Å². The minimum atomic E-state index is -0.441. The van der Waals surface area contributed by atoms with Gasteiger partial charge in [0.25, 0.3) is 0 Å². The number of hydrogen-bond acceptors (Lipinski definition) is 4. The summed E-state index contributed by atoms with van der Waals surface area (Å²) < 4.78 is 5.52. The molecule has 182 valence electrons. The van der Waals surface area contributed by atoms with Gasteiger partial charge in [-0.2, -0.15) is 0 Å². The van der Waals surface area contributed by atoms with E-state index < -0.39 is 5.60 Å². The molecule has 0 unspecified atom stereocenters. The summed E-state index contributed by atoms with van der Waals surface area (Å²) in [6, 6.07) is 9.08. The summed E-state index contributed by atoms with van der Waals surface area (Å²) in [6.45, 7) is 15.7. The number of unbranched alkanes of at least 4 members (excludes halogenated alkanes) is 6. The smallest absolute Gasteiger partial charge is 0.410 e. The molecule has 0 aliphatic carbocycles. The summed E-state index contributed by atoms with van der Waals surface area (Å²) >= 11 is 0. The van der Waals surface area contributed by atoms with Crippen LogP contribution in [0.25, 0.3) is 0 Å². The topological polar surface area (TPSA) is 36.0 Å². The Labute approximate surface area is 197 Å². The first kappa shape index (κ1) is 26.3. The van der Waals surface area contributed by atoms with E-state index in [1.54, 1.807) is 0 Å². The van der Waals surface area contributed by atoms with Crippen molar-refractivity contribution >= 4 is 17.5 Å². The lowest BCUT2D eigenvalue weighted by atomic mass is 10.1. The maximum atomic E-state index is 12.3. The molecule has 1 fully saturated rings. The Bertz CT molecular complexity index is 634. The van der Waals surface area contributed by atoms with Crippen LogP contribution in [0.3, 0.4) is 0 Å². The molecule has 5 heteroatoms. The molecule has 2 rings (SSSR count). The van der Waals surface area contributed by atoms with Gasteiger partial charge in [-0.3, -0.25) is 0 Å². The van der Waals surface area contributed by atoms with Crippen LogP contribution in [-0.4, -0.2) is 55.9 Å². The SMILES string of the molecule is CCCCCCN(CCCCCC)c1ccc(N2CCN(C(=O)OC(C)(C)C)CC2)cc1. The van der Waals surface area contributed by atoms with Crippen LogP contribution in [0.15, 0.2) is 24.3 Å². The molecular weight excluding hydrogens is 398 g/mol. The third kappa shape index (κ3) is 9.30. The van der Waals surface area contributed by atoms with E-state index in [2.05, 4.69) is 47.9 Å². The molecule has 1 amide bonds. The molecule has 1 aliphatic rings. The standard InChI is InChI=1S/C27H47N3O2/c1-6-8-10-12-18-28(19-13-11-9-7-2)24-14-16-25(17-15-24)29-20-22-30(23-21-29)26(31)32-27(3,4)5/h14-17H,6-13,18-23H2,1-5H3. The number of benzene rings is 1. The number of anilines is 2. The van der Waals surface area contributed by atoms with Gasteiger partial charge in [0.2, 0.25) is 0 Å². The number of piperazine rings is 1. The molecule has 1 aliphatic heterocycles. The predicted octanol–water partition coefficient (Wildman–Crippen LogP) is 6.71. The van der Waals surface area contributed by atoms with E-state index >= 15 is 0 Å². The second-order valence-electron chi connectivity index (χ2n) is 10.1. The fourth-order valence-electron chi connectivity index (χ4n) is 4.18. The first-order valence-corrected chi connectivity index (χ1v) is 12.9. The van der Waals surface area contributed by atoms with Gasteiger partial charge in [-0.15, -0.1) is 0 Å². The quantitative estimate of drug-likeness (QED) is 0.335. The van der Waals surface area contributed by atoms with Crippen molar-refractivity contribution in [2.24, 2.45) is 0 Å². The Balaban J connectivity index is 1.90. The molecule has 32 heavy (non-hydrogen) atoms. The van der Waals surface area contributed by atoms with E-state index in [-0.39, 0.29) is 6.09 Å². The van der Waals surface area contributed by atoms with Gasteiger partial charge in [0.1, 0.15) is 5.60 Å². The fraction of sp³-hybridized carbons (Fsp3) is 0.741. The monoisotopic (exact) mass is 445 g/mol.